The van der Waals surface area contributed by atoms with E-state index in [9.17, 15) is 5.11 Å². The number of pyridine rings is 1. The summed E-state index contributed by atoms with van der Waals surface area (Å²) in [5.74, 6) is 0.800. The van der Waals surface area contributed by atoms with Gasteiger partial charge in [0.05, 0.1) is 22.2 Å². The molecule has 0 aliphatic heterocycles. The minimum Gasteiger partial charge on any atom is -0.386 e. The third-order valence-corrected chi connectivity index (χ3v) is 5.46. The topological polar surface area (TPSA) is 61.8 Å². The van der Waals surface area contributed by atoms with Crippen LogP contribution in [0.15, 0.2) is 79.0 Å². The molecule has 152 valence electrons. The van der Waals surface area contributed by atoms with E-state index >= 15 is 0 Å². The number of nitrogens with zero attached hydrogens (tertiary/aromatic N) is 2. The van der Waals surface area contributed by atoms with Crippen molar-refractivity contribution in [2.75, 3.05) is 0 Å². The second-order valence-electron chi connectivity index (χ2n) is 8.25. The van der Waals surface area contributed by atoms with Gasteiger partial charge in [0.2, 0.25) is 0 Å². The summed E-state index contributed by atoms with van der Waals surface area (Å²) in [5.41, 5.74) is 6.02. The van der Waals surface area contributed by atoms with E-state index in [1.807, 2.05) is 62.4 Å². The number of fused-ring (bicyclic) bond motifs is 2. The summed E-state index contributed by atoms with van der Waals surface area (Å²) >= 11 is 0. The molecular weight excluding hydrogens is 382 g/mol. The SMILES string of the molecule is CC(C)(O)c1ccccc1-c1ccc2nc(/C=C/c3ccc4ncccc4c3)[nH]c2c1. The van der Waals surface area contributed by atoms with E-state index < -0.39 is 5.60 Å². The van der Waals surface area contributed by atoms with Gasteiger partial charge in [-0.2, -0.15) is 0 Å². The van der Waals surface area contributed by atoms with E-state index in [0.29, 0.717) is 0 Å². The molecular formula is C27H23N3O. The van der Waals surface area contributed by atoms with Crippen LogP contribution in [0.4, 0.5) is 0 Å². The molecule has 2 N–H and O–H groups in total. The number of hydrogen-bond acceptors (Lipinski definition) is 3. The van der Waals surface area contributed by atoms with Crippen molar-refractivity contribution in [1.29, 1.82) is 0 Å². The van der Waals surface area contributed by atoms with Crippen LogP contribution in [0, 0.1) is 0 Å². The molecule has 2 heterocycles. The first-order chi connectivity index (χ1) is 15.0. The largest absolute Gasteiger partial charge is 0.386 e. The van der Waals surface area contributed by atoms with Gasteiger partial charge in [-0.25, -0.2) is 4.98 Å². The minimum atomic E-state index is -0.914. The summed E-state index contributed by atoms with van der Waals surface area (Å²) in [4.78, 5) is 12.5. The van der Waals surface area contributed by atoms with Crippen LogP contribution in [-0.2, 0) is 5.60 Å². The summed E-state index contributed by atoms with van der Waals surface area (Å²) in [6, 6.07) is 24.3. The van der Waals surface area contributed by atoms with Crippen molar-refractivity contribution < 1.29 is 5.11 Å². The molecule has 0 aliphatic carbocycles. The molecule has 0 fully saturated rings. The Kier molecular flexibility index (Phi) is 4.64. The molecule has 0 atom stereocenters. The normalized spacial score (nSPS) is 12.2. The van der Waals surface area contributed by atoms with Gasteiger partial charge < -0.3 is 10.1 Å². The molecule has 0 aliphatic rings. The molecule has 0 saturated heterocycles. The molecule has 0 spiro atoms. The zero-order chi connectivity index (χ0) is 21.4. The lowest BCUT2D eigenvalue weighted by Crippen LogP contribution is -2.16. The highest BCUT2D eigenvalue weighted by atomic mass is 16.3. The van der Waals surface area contributed by atoms with E-state index in [4.69, 9.17) is 4.98 Å². The van der Waals surface area contributed by atoms with Crippen LogP contribution in [0.2, 0.25) is 0 Å². The van der Waals surface area contributed by atoms with Crippen molar-refractivity contribution in [3.8, 4) is 11.1 Å². The quantitative estimate of drug-likeness (QED) is 0.375. The maximum Gasteiger partial charge on any atom is 0.131 e. The summed E-state index contributed by atoms with van der Waals surface area (Å²) in [6.45, 7) is 3.62. The lowest BCUT2D eigenvalue weighted by molar-refractivity contribution is 0.0792. The van der Waals surface area contributed by atoms with Gasteiger partial charge in [-0.15, -0.1) is 0 Å². The van der Waals surface area contributed by atoms with Gasteiger partial charge in [0.15, 0.2) is 0 Å². The molecule has 0 amide bonds. The third-order valence-electron chi connectivity index (χ3n) is 5.46. The molecule has 0 saturated carbocycles. The van der Waals surface area contributed by atoms with Crippen molar-refractivity contribution >= 4 is 34.1 Å². The molecule has 4 nitrogen and oxygen atoms in total. The highest BCUT2D eigenvalue weighted by Crippen LogP contribution is 2.32. The van der Waals surface area contributed by atoms with Gasteiger partial charge in [-0.3, -0.25) is 4.98 Å². The number of benzene rings is 3. The molecule has 0 radical (unpaired) electrons. The number of imidazole rings is 1. The Hall–Kier alpha value is -3.76. The van der Waals surface area contributed by atoms with Crippen LogP contribution in [0.25, 0.3) is 45.2 Å². The van der Waals surface area contributed by atoms with Crippen LogP contribution in [0.1, 0.15) is 30.8 Å². The lowest BCUT2D eigenvalue weighted by atomic mass is 9.89. The Morgan fingerprint density at radius 3 is 2.58 bits per heavy atom. The fourth-order valence-corrected chi connectivity index (χ4v) is 3.92. The molecule has 5 aromatic rings. The smallest absolute Gasteiger partial charge is 0.131 e. The summed E-state index contributed by atoms with van der Waals surface area (Å²) in [5, 5.41) is 11.7. The highest BCUT2D eigenvalue weighted by molar-refractivity contribution is 5.86. The van der Waals surface area contributed by atoms with Crippen LogP contribution < -0.4 is 0 Å². The molecule has 2 aromatic heterocycles. The Morgan fingerprint density at radius 1 is 0.871 bits per heavy atom. The first-order valence-electron chi connectivity index (χ1n) is 10.3. The van der Waals surface area contributed by atoms with Crippen molar-refractivity contribution in [2.24, 2.45) is 0 Å². The maximum atomic E-state index is 10.6. The number of aromatic nitrogens is 3. The average molecular weight is 406 g/mol. The second kappa shape index (κ2) is 7.49. The molecule has 4 heteroatoms. The lowest BCUT2D eigenvalue weighted by Gasteiger charge is -2.21. The van der Waals surface area contributed by atoms with Gasteiger partial charge >= 0.3 is 0 Å². The summed E-state index contributed by atoms with van der Waals surface area (Å²) < 4.78 is 0. The highest BCUT2D eigenvalue weighted by Gasteiger charge is 2.20. The minimum absolute atomic E-state index is 0.800. The summed E-state index contributed by atoms with van der Waals surface area (Å²) in [6.07, 6.45) is 5.84. The van der Waals surface area contributed by atoms with Crippen LogP contribution in [-0.4, -0.2) is 20.1 Å². The van der Waals surface area contributed by atoms with Gasteiger partial charge in [-0.05, 0) is 72.5 Å². The first kappa shape index (κ1) is 19.2. The second-order valence-corrected chi connectivity index (χ2v) is 8.25. The predicted octanol–water partition coefficient (Wildman–Crippen LogP) is 6.18. The van der Waals surface area contributed by atoms with Gasteiger partial charge in [0.1, 0.15) is 5.82 Å². The molecule has 3 aromatic carbocycles. The van der Waals surface area contributed by atoms with E-state index in [2.05, 4.69) is 46.4 Å². The first-order valence-corrected chi connectivity index (χ1v) is 10.3. The van der Waals surface area contributed by atoms with Gasteiger partial charge in [-0.1, -0.05) is 48.5 Å². The zero-order valence-electron chi connectivity index (χ0n) is 17.5. The van der Waals surface area contributed by atoms with Crippen molar-refractivity contribution in [3.05, 3.63) is 95.9 Å². The van der Waals surface area contributed by atoms with E-state index in [-0.39, 0.29) is 0 Å². The van der Waals surface area contributed by atoms with E-state index in [0.717, 1.165) is 50.0 Å². The number of H-pyrrole nitrogens is 1. The fourth-order valence-electron chi connectivity index (χ4n) is 3.92. The number of rotatable bonds is 4. The number of aliphatic hydroxyl groups is 1. The van der Waals surface area contributed by atoms with Crippen molar-refractivity contribution in [2.45, 2.75) is 19.4 Å². The maximum absolute atomic E-state index is 10.6. The predicted molar refractivity (Wildman–Crippen MR) is 127 cm³/mol. The Balaban J connectivity index is 1.48. The Bertz CT molecular complexity index is 1420. The monoisotopic (exact) mass is 405 g/mol. The fraction of sp³-hybridized carbons (Fsp3) is 0.111. The summed E-state index contributed by atoms with van der Waals surface area (Å²) in [7, 11) is 0. The van der Waals surface area contributed by atoms with Gasteiger partial charge in [0, 0.05) is 11.6 Å². The van der Waals surface area contributed by atoms with E-state index in [1.54, 1.807) is 6.20 Å². The number of aromatic amines is 1. The molecule has 5 rings (SSSR count). The zero-order valence-corrected chi connectivity index (χ0v) is 17.5. The standard InChI is InChI=1S/C27H23N3O/c1-27(2,31)22-8-4-3-7-21(22)19-11-13-24-25(17-19)30-26(29-24)14-10-18-9-12-23-20(16-18)6-5-15-28-23/h3-17,31H,1-2H3,(H,29,30)/b14-10+. The van der Waals surface area contributed by atoms with E-state index in [1.165, 1.54) is 0 Å². The van der Waals surface area contributed by atoms with Crippen LogP contribution >= 0.6 is 0 Å². The molecule has 31 heavy (non-hydrogen) atoms. The number of hydrogen-bond donors (Lipinski definition) is 2. The molecule has 0 unspecified atom stereocenters. The van der Waals surface area contributed by atoms with Crippen molar-refractivity contribution in [3.63, 3.8) is 0 Å². The molecule has 0 bridgehead atoms. The van der Waals surface area contributed by atoms with Gasteiger partial charge in [0.25, 0.3) is 0 Å². The average Bonchev–Trinajstić information content (AvgIpc) is 3.19. The Morgan fingerprint density at radius 2 is 1.71 bits per heavy atom. The van der Waals surface area contributed by atoms with Crippen LogP contribution in [0.5, 0.6) is 0 Å². The third kappa shape index (κ3) is 3.86. The Labute approximate surface area is 180 Å². The number of nitrogens with one attached hydrogen (secondary N) is 1. The van der Waals surface area contributed by atoms with Crippen LogP contribution in [0.3, 0.4) is 0 Å². The van der Waals surface area contributed by atoms with Crippen molar-refractivity contribution in [1.82, 2.24) is 15.0 Å².